The summed E-state index contributed by atoms with van der Waals surface area (Å²) in [6, 6.07) is 53.2. The zero-order chi connectivity index (χ0) is 35.4. The van der Waals surface area contributed by atoms with E-state index in [1.807, 2.05) is 67.1 Å². The molecule has 0 spiro atoms. The molecule has 0 unspecified atom stereocenters. The van der Waals surface area contributed by atoms with E-state index in [1.165, 1.54) is 21.5 Å². The molecule has 3 nitrogen and oxygen atoms in total. The molecule has 0 amide bonds. The van der Waals surface area contributed by atoms with Crippen molar-refractivity contribution in [3.05, 3.63) is 180 Å². The van der Waals surface area contributed by atoms with Gasteiger partial charge in [-0.3, -0.25) is 0 Å². The average Bonchev–Trinajstić information content (AvgIpc) is 3.42. The maximum atomic E-state index is 10.8. The Hall–Kier alpha value is -4.23. The molecule has 0 fully saturated rings. The van der Waals surface area contributed by atoms with Crippen molar-refractivity contribution in [1.82, 2.24) is 4.68 Å². The van der Waals surface area contributed by atoms with E-state index in [9.17, 15) is 5.11 Å². The first-order chi connectivity index (χ1) is 23.4. The van der Waals surface area contributed by atoms with Crippen molar-refractivity contribution in [3.8, 4) is 5.75 Å². The molecule has 262 valence electrons. The first-order valence-electron chi connectivity index (χ1n) is 16.9. The normalized spacial score (nSPS) is 11.2. The fourth-order valence-corrected chi connectivity index (χ4v) is 7.96. The third kappa shape index (κ3) is 11.4. The number of aromatic nitrogens is 1. The van der Waals surface area contributed by atoms with Crippen LogP contribution in [0.15, 0.2) is 151 Å². The first-order valence-corrected chi connectivity index (χ1v) is 18.4. The second kappa shape index (κ2) is 18.7. The summed E-state index contributed by atoms with van der Waals surface area (Å²) in [5.41, 5.74) is 4.95. The molecule has 0 aliphatic carbocycles. The average molecular weight is 726 g/mol. The van der Waals surface area contributed by atoms with Crippen LogP contribution in [0.3, 0.4) is 0 Å². The molecule has 5 aromatic carbocycles. The number of hydrogen-bond acceptors (Lipinski definition) is 2. The zero-order valence-corrected chi connectivity index (χ0v) is 32.6. The molecule has 0 atom stereocenters. The van der Waals surface area contributed by atoms with E-state index in [0.29, 0.717) is 5.75 Å². The Morgan fingerprint density at radius 2 is 1.02 bits per heavy atom. The number of aromatic hydroxyl groups is 1. The van der Waals surface area contributed by atoms with Crippen LogP contribution in [-0.2, 0) is 27.3 Å². The van der Waals surface area contributed by atoms with Crippen LogP contribution in [0.1, 0.15) is 69.6 Å². The van der Waals surface area contributed by atoms with E-state index >= 15 is 0 Å². The SMILES string of the molecule is Cc1ccc(C)n1/N=C/c1cc(C(C)(C)C)cc(C(C)(C)C)c1O.[Ni].[c-]1ccccc1.c1ccc([PH+](c2ccccc2)c2ccccc2)cc1. The molecule has 0 aliphatic heterocycles. The maximum absolute atomic E-state index is 10.8. The minimum Gasteiger partial charge on any atom is -0.507 e. The molecular weight excluding hydrogens is 674 g/mol. The van der Waals surface area contributed by atoms with E-state index in [4.69, 9.17) is 0 Å². The van der Waals surface area contributed by atoms with Gasteiger partial charge >= 0.3 is 0 Å². The van der Waals surface area contributed by atoms with Crippen LogP contribution in [0.4, 0.5) is 0 Å². The van der Waals surface area contributed by atoms with Crippen LogP contribution >= 0.6 is 7.92 Å². The summed E-state index contributed by atoms with van der Waals surface area (Å²) in [5, 5.41) is 19.7. The van der Waals surface area contributed by atoms with E-state index in [2.05, 4.69) is 150 Å². The Morgan fingerprint density at radius 1 is 0.600 bits per heavy atom. The molecule has 50 heavy (non-hydrogen) atoms. The number of phenolic OH excluding ortho intramolecular Hbond substituents is 1. The van der Waals surface area contributed by atoms with Crippen LogP contribution in [-0.4, -0.2) is 16.0 Å². The number of hydrogen-bond donors (Lipinski definition) is 1. The number of phenols is 1. The van der Waals surface area contributed by atoms with Crippen LogP contribution in [0.25, 0.3) is 0 Å². The van der Waals surface area contributed by atoms with Gasteiger partial charge in [0.25, 0.3) is 0 Å². The Morgan fingerprint density at radius 3 is 1.36 bits per heavy atom. The molecule has 0 aliphatic rings. The molecule has 5 heteroatoms. The summed E-state index contributed by atoms with van der Waals surface area (Å²) in [4.78, 5) is 0. The smallest absolute Gasteiger partial charge is 0.128 e. The minimum atomic E-state index is -0.877. The van der Waals surface area contributed by atoms with Crippen molar-refractivity contribution in [1.29, 1.82) is 0 Å². The van der Waals surface area contributed by atoms with Gasteiger partial charge in [-0.25, -0.2) is 4.68 Å². The third-order valence-electron chi connectivity index (χ3n) is 8.15. The molecule has 6 aromatic rings. The summed E-state index contributed by atoms with van der Waals surface area (Å²) in [6.07, 6.45) is 1.76. The molecule has 0 radical (unpaired) electrons. The second-order valence-corrected chi connectivity index (χ2v) is 16.7. The van der Waals surface area contributed by atoms with Gasteiger partial charge in [0.05, 0.1) is 14.1 Å². The van der Waals surface area contributed by atoms with Crippen molar-refractivity contribution < 1.29 is 21.6 Å². The van der Waals surface area contributed by atoms with Crippen molar-refractivity contribution in [2.45, 2.75) is 66.2 Å². The quantitative estimate of drug-likeness (QED) is 0.0818. The summed E-state index contributed by atoms with van der Waals surface area (Å²) >= 11 is 0. The topological polar surface area (TPSA) is 37.5 Å². The Labute approximate surface area is 311 Å². The molecule has 1 aromatic heterocycles. The molecule has 6 rings (SSSR count). The summed E-state index contributed by atoms with van der Waals surface area (Å²) in [5.74, 6) is 0.321. The molecular formula is C45H51N2NiOP. The van der Waals surface area contributed by atoms with Gasteiger partial charge in [-0.15, -0.1) is 0 Å². The van der Waals surface area contributed by atoms with Gasteiger partial charge in [0.1, 0.15) is 21.7 Å². The summed E-state index contributed by atoms with van der Waals surface area (Å²) < 4.78 is 1.89. The Balaban J connectivity index is 0.000000231. The van der Waals surface area contributed by atoms with Gasteiger partial charge in [0.15, 0.2) is 0 Å². The van der Waals surface area contributed by atoms with Gasteiger partial charge < -0.3 is 5.11 Å². The standard InChI is InChI=1S/C21H30N2O.C18H15P.C6H5.Ni/c1-14-9-10-15(2)23(14)22-13-16-11-17(20(3,4)5)12-18(19(16)24)21(6,7)8;1-4-10-16(11-5-1)19(17-12-6-2-7-13-17)18-14-8-3-9-15-18;1-2-4-6-5-3-1;/h9-13,24H,1-8H3;1-15H;1-5H;/q;;-1;/p+1/b22-13+;;;. The minimum absolute atomic E-state index is 0. The van der Waals surface area contributed by atoms with Crippen LogP contribution in [0.5, 0.6) is 5.75 Å². The Bertz CT molecular complexity index is 1750. The summed E-state index contributed by atoms with van der Waals surface area (Å²) in [7, 11) is -0.877. The van der Waals surface area contributed by atoms with Gasteiger partial charge in [-0.2, -0.15) is 41.5 Å². The van der Waals surface area contributed by atoms with Gasteiger partial charge in [-0.1, -0.05) is 102 Å². The molecule has 1 heterocycles. The van der Waals surface area contributed by atoms with E-state index in [0.717, 1.165) is 22.5 Å². The number of aryl methyl sites for hydroxylation is 2. The second-order valence-electron chi connectivity index (χ2n) is 14.2. The third-order valence-corrected chi connectivity index (χ3v) is 10.9. The predicted molar refractivity (Wildman–Crippen MR) is 214 cm³/mol. The fraction of sp³-hybridized carbons (Fsp3) is 0.222. The van der Waals surface area contributed by atoms with Crippen molar-refractivity contribution in [2.75, 3.05) is 0 Å². The molecule has 0 saturated heterocycles. The van der Waals surface area contributed by atoms with Gasteiger partial charge in [-0.05, 0) is 84.8 Å². The van der Waals surface area contributed by atoms with Gasteiger partial charge in [0, 0.05) is 39.0 Å². The van der Waals surface area contributed by atoms with Crippen molar-refractivity contribution >= 4 is 30.0 Å². The van der Waals surface area contributed by atoms with E-state index < -0.39 is 7.92 Å². The van der Waals surface area contributed by atoms with Crippen molar-refractivity contribution in [2.24, 2.45) is 5.10 Å². The molecule has 0 saturated carbocycles. The number of benzene rings is 5. The van der Waals surface area contributed by atoms with Crippen molar-refractivity contribution in [3.63, 3.8) is 0 Å². The number of nitrogens with zero attached hydrogens (tertiary/aromatic N) is 2. The van der Waals surface area contributed by atoms with Crippen LogP contribution < -0.4 is 15.9 Å². The number of rotatable bonds is 5. The molecule has 1 N–H and O–H groups in total. The predicted octanol–water partition coefficient (Wildman–Crippen LogP) is 9.95. The van der Waals surface area contributed by atoms with E-state index in [-0.39, 0.29) is 27.3 Å². The van der Waals surface area contributed by atoms with Crippen LogP contribution in [0, 0.1) is 19.9 Å². The van der Waals surface area contributed by atoms with Gasteiger partial charge in [0.2, 0.25) is 0 Å². The maximum Gasteiger partial charge on any atom is 0.128 e. The van der Waals surface area contributed by atoms with E-state index in [1.54, 1.807) is 6.21 Å². The Kier molecular flexibility index (Phi) is 15.0. The zero-order valence-electron chi connectivity index (χ0n) is 30.6. The first kappa shape index (κ1) is 40.2. The summed E-state index contributed by atoms with van der Waals surface area (Å²) in [6.45, 7) is 17.0. The van der Waals surface area contributed by atoms with Crippen LogP contribution in [0.2, 0.25) is 0 Å². The largest absolute Gasteiger partial charge is 0.507 e. The fourth-order valence-electron chi connectivity index (χ4n) is 5.38. The monoisotopic (exact) mass is 724 g/mol. The molecule has 0 bridgehead atoms.